The Morgan fingerprint density at radius 1 is 1.11 bits per heavy atom. The Morgan fingerprint density at radius 2 is 1.86 bits per heavy atom. The van der Waals surface area contributed by atoms with Gasteiger partial charge in [0, 0.05) is 61.9 Å². The molecule has 2 N–H and O–H groups in total. The van der Waals surface area contributed by atoms with Crippen LogP contribution in [0.5, 0.6) is 0 Å². The number of fused-ring (bicyclic) bond motifs is 2. The minimum Gasteiger partial charge on any atom is -0.339 e. The molecule has 36 heavy (non-hydrogen) atoms. The normalized spacial score (nSPS) is 32.5. The van der Waals surface area contributed by atoms with Crippen LogP contribution in [0.15, 0.2) is 30.3 Å². The number of halogens is 2. The largest absolute Gasteiger partial charge is 0.339 e. The zero-order chi connectivity index (χ0) is 24.9. The molecule has 1 aromatic heterocycles. The third kappa shape index (κ3) is 4.29. The van der Waals surface area contributed by atoms with Crippen LogP contribution in [0.3, 0.4) is 0 Å². The van der Waals surface area contributed by atoms with E-state index in [9.17, 15) is 13.6 Å². The number of nitrogens with zero attached hydrogens (tertiary/aromatic N) is 2. The van der Waals surface area contributed by atoms with Crippen LogP contribution in [0.4, 0.5) is 8.78 Å². The van der Waals surface area contributed by atoms with Crippen molar-refractivity contribution in [1.29, 1.82) is 0 Å². The molecule has 5 nitrogen and oxygen atoms in total. The van der Waals surface area contributed by atoms with Crippen molar-refractivity contribution in [2.45, 2.75) is 75.3 Å². The average Bonchev–Trinajstić information content (AvgIpc) is 3.48. The van der Waals surface area contributed by atoms with Gasteiger partial charge in [-0.2, -0.15) is 0 Å². The van der Waals surface area contributed by atoms with E-state index in [2.05, 4.69) is 39.8 Å². The molecule has 8 heteroatoms. The maximum absolute atomic E-state index is 14.4. The molecule has 1 spiro atoms. The second-order valence-electron chi connectivity index (χ2n) is 11.4. The molecule has 2 aromatic rings. The summed E-state index contributed by atoms with van der Waals surface area (Å²) in [5, 5.41) is 8.12. The number of alkyl halides is 2. The first kappa shape index (κ1) is 24.4. The average molecular weight is 515 g/mol. The molecule has 3 aliphatic heterocycles. The number of hydrogen-bond acceptors (Lipinski definition) is 5. The van der Waals surface area contributed by atoms with Gasteiger partial charge in [0.2, 0.25) is 11.8 Å². The molecule has 1 saturated carbocycles. The van der Waals surface area contributed by atoms with Gasteiger partial charge in [0.1, 0.15) is 0 Å². The number of hydrogen-bond donors (Lipinski definition) is 2. The molecule has 6 rings (SSSR count). The molecule has 194 valence electrons. The third-order valence-electron chi connectivity index (χ3n) is 9.25. The smallest absolute Gasteiger partial charge is 0.248 e. The molecule has 1 amide bonds. The highest BCUT2D eigenvalue weighted by Crippen LogP contribution is 2.47. The quantitative estimate of drug-likeness (QED) is 0.628. The molecule has 4 atom stereocenters. The number of benzene rings is 1. The number of carbonyl (C=O) groups excluding carboxylic acids is 1. The van der Waals surface area contributed by atoms with E-state index in [4.69, 9.17) is 4.98 Å². The van der Waals surface area contributed by atoms with Crippen LogP contribution in [0, 0.1) is 18.8 Å². The zero-order valence-corrected chi connectivity index (χ0v) is 21.8. The van der Waals surface area contributed by atoms with Crippen LogP contribution in [0.1, 0.15) is 65.6 Å². The summed E-state index contributed by atoms with van der Waals surface area (Å²) in [5.41, 5.74) is 2.10. The number of piperidine rings is 1. The van der Waals surface area contributed by atoms with Crippen molar-refractivity contribution in [1.82, 2.24) is 20.5 Å². The van der Waals surface area contributed by atoms with Crippen molar-refractivity contribution in [2.24, 2.45) is 11.8 Å². The maximum Gasteiger partial charge on any atom is 0.248 e. The summed E-state index contributed by atoms with van der Waals surface area (Å²) in [6, 6.07) is 10.5. The molecule has 2 saturated heterocycles. The number of nitrogens with one attached hydrogen (secondary N) is 2. The van der Waals surface area contributed by atoms with Gasteiger partial charge in [-0.1, -0.05) is 30.3 Å². The van der Waals surface area contributed by atoms with E-state index in [1.54, 1.807) is 11.3 Å². The summed E-state index contributed by atoms with van der Waals surface area (Å²) in [5.74, 6) is -2.02. The Balaban J connectivity index is 1.29. The van der Waals surface area contributed by atoms with Crippen LogP contribution < -0.4 is 10.6 Å². The van der Waals surface area contributed by atoms with Crippen LogP contribution in [-0.2, 0) is 16.8 Å². The van der Waals surface area contributed by atoms with Crippen LogP contribution in [0.2, 0.25) is 0 Å². The maximum atomic E-state index is 14.4. The van der Waals surface area contributed by atoms with E-state index in [-0.39, 0.29) is 42.0 Å². The fourth-order valence-corrected chi connectivity index (χ4v) is 8.54. The molecular formula is C28H36F2N4OS. The molecule has 0 radical (unpaired) electrons. The molecule has 3 fully saturated rings. The zero-order valence-electron chi connectivity index (χ0n) is 20.9. The highest BCUT2D eigenvalue weighted by atomic mass is 32.1. The summed E-state index contributed by atoms with van der Waals surface area (Å²) in [7, 11) is 0. The number of aromatic nitrogens is 1. The van der Waals surface area contributed by atoms with Crippen molar-refractivity contribution in [2.75, 3.05) is 26.2 Å². The van der Waals surface area contributed by atoms with Gasteiger partial charge >= 0.3 is 0 Å². The summed E-state index contributed by atoms with van der Waals surface area (Å²) in [4.78, 5) is 22.5. The summed E-state index contributed by atoms with van der Waals surface area (Å²) in [6.45, 7) is 5.69. The first-order valence-corrected chi connectivity index (χ1v) is 14.3. The van der Waals surface area contributed by atoms with E-state index in [1.807, 2.05) is 13.0 Å². The van der Waals surface area contributed by atoms with E-state index in [1.165, 1.54) is 10.4 Å². The SMILES string of the molecule is Cc1nc2c(s1)[C@]1(CNC2)CNC[C@H]1C(=O)N1CC[C@@H](c2ccccc2)C[C@H]1C1CCC(F)(F)CC1. The fourth-order valence-electron chi connectivity index (χ4n) is 7.36. The summed E-state index contributed by atoms with van der Waals surface area (Å²) < 4.78 is 28.1. The number of amides is 1. The highest BCUT2D eigenvalue weighted by molar-refractivity contribution is 7.11. The van der Waals surface area contributed by atoms with Gasteiger partial charge in [-0.05, 0) is 50.0 Å². The molecule has 0 unspecified atom stereocenters. The van der Waals surface area contributed by atoms with E-state index >= 15 is 0 Å². The fraction of sp³-hybridized carbons (Fsp3) is 0.643. The summed E-state index contributed by atoms with van der Waals surface area (Å²) >= 11 is 1.74. The first-order chi connectivity index (χ1) is 17.4. The van der Waals surface area contributed by atoms with E-state index in [0.717, 1.165) is 43.2 Å². The third-order valence-corrected chi connectivity index (χ3v) is 10.5. The van der Waals surface area contributed by atoms with Gasteiger partial charge in [-0.25, -0.2) is 13.8 Å². The van der Waals surface area contributed by atoms with E-state index in [0.29, 0.717) is 31.8 Å². The van der Waals surface area contributed by atoms with Gasteiger partial charge in [0.05, 0.1) is 16.6 Å². The van der Waals surface area contributed by atoms with Crippen LogP contribution in [-0.4, -0.2) is 53.9 Å². The van der Waals surface area contributed by atoms with E-state index < -0.39 is 5.92 Å². The Morgan fingerprint density at radius 3 is 2.64 bits per heavy atom. The minimum absolute atomic E-state index is 0.0180. The topological polar surface area (TPSA) is 57.3 Å². The second-order valence-corrected chi connectivity index (χ2v) is 12.6. The monoisotopic (exact) mass is 514 g/mol. The van der Waals surface area contributed by atoms with Gasteiger partial charge < -0.3 is 15.5 Å². The Kier molecular flexibility index (Phi) is 6.41. The van der Waals surface area contributed by atoms with Gasteiger partial charge in [0.25, 0.3) is 0 Å². The number of rotatable bonds is 3. The van der Waals surface area contributed by atoms with Crippen LogP contribution in [0.25, 0.3) is 0 Å². The van der Waals surface area contributed by atoms with Crippen molar-refractivity contribution in [3.63, 3.8) is 0 Å². The molecule has 4 aliphatic rings. The van der Waals surface area contributed by atoms with Crippen molar-refractivity contribution < 1.29 is 13.6 Å². The predicted octanol–water partition coefficient (Wildman–Crippen LogP) is 4.61. The molecule has 0 bridgehead atoms. The van der Waals surface area contributed by atoms with Gasteiger partial charge in [-0.15, -0.1) is 11.3 Å². The molecular weight excluding hydrogens is 478 g/mol. The Labute approximate surface area is 216 Å². The lowest BCUT2D eigenvalue weighted by molar-refractivity contribution is -0.143. The molecule has 1 aliphatic carbocycles. The number of carbonyl (C=O) groups is 1. The Hall–Kier alpha value is -1.90. The highest BCUT2D eigenvalue weighted by Gasteiger charge is 2.54. The predicted molar refractivity (Wildman–Crippen MR) is 137 cm³/mol. The lowest BCUT2D eigenvalue weighted by Gasteiger charge is -2.48. The standard InChI is InChI=1S/C28H36F2N4OS/c1-18-33-23-15-32-17-27(25(23)36-18)16-31-14-22(27)26(35)34-12-9-21(19-5-3-2-4-6-19)13-24(34)20-7-10-28(29,30)11-8-20/h2-6,20-22,24,31-32H,7-17H2,1H3/t21-,22+,24+,27+/m1/s1. The molecule has 4 heterocycles. The number of likely N-dealkylation sites (tertiary alicyclic amines) is 1. The number of aryl methyl sites for hydroxylation is 1. The van der Waals surface area contributed by atoms with Gasteiger partial charge in [0.15, 0.2) is 0 Å². The molecule has 1 aromatic carbocycles. The number of thiazole rings is 1. The van der Waals surface area contributed by atoms with Crippen molar-refractivity contribution in [3.8, 4) is 0 Å². The van der Waals surface area contributed by atoms with Crippen LogP contribution >= 0.6 is 11.3 Å². The lowest BCUT2D eigenvalue weighted by atomic mass is 9.71. The Bertz CT molecular complexity index is 1100. The first-order valence-electron chi connectivity index (χ1n) is 13.5. The summed E-state index contributed by atoms with van der Waals surface area (Å²) in [6.07, 6.45) is 2.66. The van der Waals surface area contributed by atoms with Crippen molar-refractivity contribution in [3.05, 3.63) is 51.5 Å². The minimum atomic E-state index is -2.56. The van der Waals surface area contributed by atoms with Gasteiger partial charge in [-0.3, -0.25) is 4.79 Å². The second kappa shape index (κ2) is 9.44. The lowest BCUT2D eigenvalue weighted by Crippen LogP contribution is -2.57. The van der Waals surface area contributed by atoms with Crippen molar-refractivity contribution >= 4 is 17.2 Å².